The summed E-state index contributed by atoms with van der Waals surface area (Å²) in [5.74, 6) is 0.0830. The minimum Gasteiger partial charge on any atom is -0.480 e. The maximum atomic E-state index is 12.2. The van der Waals surface area contributed by atoms with Crippen molar-refractivity contribution in [3.05, 3.63) is 47.1 Å². The van der Waals surface area contributed by atoms with Gasteiger partial charge < -0.3 is 15.4 Å². The van der Waals surface area contributed by atoms with Crippen LogP contribution in [0.4, 0.5) is 11.4 Å². The third kappa shape index (κ3) is 3.00. The fourth-order valence-corrected chi connectivity index (χ4v) is 1.98. The lowest BCUT2D eigenvalue weighted by atomic mass is 10.2. The molecular weight excluding hydrogens is 278 g/mol. The molecule has 2 N–H and O–H groups in total. The van der Waals surface area contributed by atoms with Crippen molar-refractivity contribution in [3.8, 4) is 5.88 Å². The Bertz CT molecular complexity index is 632. The number of hydrogen-bond acceptors (Lipinski definition) is 4. The molecule has 0 saturated heterocycles. The van der Waals surface area contributed by atoms with Crippen molar-refractivity contribution < 1.29 is 9.53 Å². The van der Waals surface area contributed by atoms with Gasteiger partial charge in [0.1, 0.15) is 5.69 Å². The van der Waals surface area contributed by atoms with Crippen molar-refractivity contribution >= 4 is 28.9 Å². The molecule has 1 amide bonds. The van der Waals surface area contributed by atoms with Gasteiger partial charge in [-0.1, -0.05) is 11.6 Å². The van der Waals surface area contributed by atoms with Crippen molar-refractivity contribution in [1.82, 2.24) is 4.98 Å². The van der Waals surface area contributed by atoms with Gasteiger partial charge in [0.15, 0.2) is 0 Å². The first-order valence-corrected chi connectivity index (χ1v) is 6.31. The van der Waals surface area contributed by atoms with Gasteiger partial charge in [0, 0.05) is 18.8 Å². The van der Waals surface area contributed by atoms with E-state index in [-0.39, 0.29) is 5.91 Å². The molecular formula is C14H14ClN3O2. The summed E-state index contributed by atoms with van der Waals surface area (Å²) >= 11 is 6.06. The van der Waals surface area contributed by atoms with Gasteiger partial charge in [0.25, 0.3) is 5.91 Å². The number of ether oxygens (including phenoxy) is 1. The van der Waals surface area contributed by atoms with Crippen LogP contribution in [-0.2, 0) is 0 Å². The van der Waals surface area contributed by atoms with Crippen molar-refractivity contribution in [2.75, 3.05) is 24.8 Å². The SMILES string of the molecule is CNc1ccc(C(=O)Nc2cccnc2OC)cc1Cl. The van der Waals surface area contributed by atoms with Crippen molar-refractivity contribution in [1.29, 1.82) is 0 Å². The molecule has 1 aromatic heterocycles. The van der Waals surface area contributed by atoms with E-state index in [1.165, 1.54) is 7.11 Å². The zero-order valence-corrected chi connectivity index (χ0v) is 11.9. The van der Waals surface area contributed by atoms with E-state index in [1.807, 2.05) is 0 Å². The van der Waals surface area contributed by atoms with Crippen LogP contribution in [0, 0.1) is 0 Å². The zero-order valence-electron chi connectivity index (χ0n) is 11.1. The number of halogens is 1. The third-order valence-electron chi connectivity index (χ3n) is 2.71. The highest BCUT2D eigenvalue weighted by atomic mass is 35.5. The number of methoxy groups -OCH3 is 1. The molecule has 0 atom stereocenters. The lowest BCUT2D eigenvalue weighted by Gasteiger charge is -2.10. The fraction of sp³-hybridized carbons (Fsp3) is 0.143. The quantitative estimate of drug-likeness (QED) is 0.909. The zero-order chi connectivity index (χ0) is 14.5. The van der Waals surface area contributed by atoms with E-state index >= 15 is 0 Å². The van der Waals surface area contributed by atoms with Crippen LogP contribution >= 0.6 is 11.6 Å². The van der Waals surface area contributed by atoms with Gasteiger partial charge in [-0.2, -0.15) is 0 Å². The first kappa shape index (κ1) is 14.1. The number of aromatic nitrogens is 1. The van der Waals surface area contributed by atoms with Crippen LogP contribution in [0.1, 0.15) is 10.4 Å². The molecule has 0 radical (unpaired) electrons. The molecule has 0 spiro atoms. The van der Waals surface area contributed by atoms with Gasteiger partial charge in [-0.3, -0.25) is 4.79 Å². The highest BCUT2D eigenvalue weighted by molar-refractivity contribution is 6.33. The second kappa shape index (κ2) is 6.25. The Hall–Kier alpha value is -2.27. The summed E-state index contributed by atoms with van der Waals surface area (Å²) in [6.45, 7) is 0. The predicted molar refractivity (Wildman–Crippen MR) is 79.7 cm³/mol. The van der Waals surface area contributed by atoms with E-state index < -0.39 is 0 Å². The Morgan fingerprint density at radius 1 is 1.30 bits per heavy atom. The summed E-state index contributed by atoms with van der Waals surface area (Å²) in [6, 6.07) is 8.47. The number of hydrogen-bond donors (Lipinski definition) is 2. The average Bonchev–Trinajstić information content (AvgIpc) is 2.47. The smallest absolute Gasteiger partial charge is 0.255 e. The van der Waals surface area contributed by atoms with Gasteiger partial charge in [-0.05, 0) is 30.3 Å². The molecule has 0 saturated carbocycles. The number of carbonyl (C=O) groups excluding carboxylic acids is 1. The lowest BCUT2D eigenvalue weighted by molar-refractivity contribution is 0.102. The third-order valence-corrected chi connectivity index (χ3v) is 3.03. The van der Waals surface area contributed by atoms with Gasteiger partial charge in [-0.25, -0.2) is 4.98 Å². The summed E-state index contributed by atoms with van der Waals surface area (Å²) in [5.41, 5.74) is 1.73. The fourth-order valence-electron chi connectivity index (χ4n) is 1.70. The Kier molecular flexibility index (Phi) is 4.42. The molecule has 1 heterocycles. The Labute approximate surface area is 121 Å². The molecule has 1 aromatic carbocycles. The molecule has 0 aliphatic heterocycles. The maximum Gasteiger partial charge on any atom is 0.255 e. The number of nitrogens with one attached hydrogen (secondary N) is 2. The van der Waals surface area contributed by atoms with Crippen LogP contribution in [0.3, 0.4) is 0 Å². The van der Waals surface area contributed by atoms with Gasteiger partial charge in [0.05, 0.1) is 17.8 Å². The predicted octanol–water partition coefficient (Wildman–Crippen LogP) is 3.04. The second-order valence-corrected chi connectivity index (χ2v) is 4.37. The van der Waals surface area contributed by atoms with Crippen LogP contribution in [0.15, 0.2) is 36.5 Å². The Morgan fingerprint density at radius 3 is 2.75 bits per heavy atom. The minimum absolute atomic E-state index is 0.277. The van der Waals surface area contributed by atoms with Gasteiger partial charge >= 0.3 is 0 Å². The number of nitrogens with zero attached hydrogens (tertiary/aromatic N) is 1. The average molecular weight is 292 g/mol. The molecule has 0 unspecified atom stereocenters. The number of benzene rings is 1. The molecule has 0 fully saturated rings. The summed E-state index contributed by atoms with van der Waals surface area (Å²) in [5, 5.41) is 6.16. The topological polar surface area (TPSA) is 63.2 Å². The lowest BCUT2D eigenvalue weighted by Crippen LogP contribution is -2.13. The van der Waals surface area contributed by atoms with E-state index in [0.29, 0.717) is 22.2 Å². The molecule has 2 aromatic rings. The number of carbonyl (C=O) groups is 1. The summed E-state index contributed by atoms with van der Waals surface area (Å²) in [7, 11) is 3.26. The Balaban J connectivity index is 2.22. The molecule has 104 valence electrons. The standard InChI is InChI=1S/C14H14ClN3O2/c1-16-11-6-5-9(8-10(11)15)13(19)18-12-4-3-7-17-14(12)20-2/h3-8,16H,1-2H3,(H,18,19). The van der Waals surface area contributed by atoms with E-state index in [1.54, 1.807) is 43.6 Å². The number of rotatable bonds is 4. The van der Waals surface area contributed by atoms with Crippen molar-refractivity contribution in [2.45, 2.75) is 0 Å². The van der Waals surface area contributed by atoms with Gasteiger partial charge in [0.2, 0.25) is 5.88 Å². The number of anilines is 2. The van der Waals surface area contributed by atoms with Crippen LogP contribution in [0.5, 0.6) is 5.88 Å². The van der Waals surface area contributed by atoms with Crippen molar-refractivity contribution in [3.63, 3.8) is 0 Å². The van der Waals surface area contributed by atoms with Crippen molar-refractivity contribution in [2.24, 2.45) is 0 Å². The molecule has 6 heteroatoms. The van der Waals surface area contributed by atoms with E-state index in [4.69, 9.17) is 16.3 Å². The van der Waals surface area contributed by atoms with E-state index in [2.05, 4.69) is 15.6 Å². The summed E-state index contributed by atoms with van der Waals surface area (Å²) in [4.78, 5) is 16.2. The second-order valence-electron chi connectivity index (χ2n) is 3.96. The molecule has 5 nitrogen and oxygen atoms in total. The molecule has 0 aliphatic carbocycles. The first-order valence-electron chi connectivity index (χ1n) is 5.93. The molecule has 0 aliphatic rings. The number of amides is 1. The van der Waals surface area contributed by atoms with E-state index in [0.717, 1.165) is 5.69 Å². The minimum atomic E-state index is -0.277. The normalized spacial score (nSPS) is 9.95. The van der Waals surface area contributed by atoms with Crippen LogP contribution in [-0.4, -0.2) is 25.0 Å². The van der Waals surface area contributed by atoms with Gasteiger partial charge in [-0.15, -0.1) is 0 Å². The monoisotopic (exact) mass is 291 g/mol. The largest absolute Gasteiger partial charge is 0.480 e. The Morgan fingerprint density at radius 2 is 2.10 bits per heavy atom. The van der Waals surface area contributed by atoms with E-state index in [9.17, 15) is 4.79 Å². The highest BCUT2D eigenvalue weighted by Gasteiger charge is 2.11. The molecule has 0 bridgehead atoms. The molecule has 20 heavy (non-hydrogen) atoms. The molecule has 2 rings (SSSR count). The van der Waals surface area contributed by atoms with Crippen LogP contribution in [0.25, 0.3) is 0 Å². The summed E-state index contributed by atoms with van der Waals surface area (Å²) in [6.07, 6.45) is 1.59. The maximum absolute atomic E-state index is 12.2. The van der Waals surface area contributed by atoms with Crippen LogP contribution < -0.4 is 15.4 Å². The number of pyridine rings is 1. The first-order chi connectivity index (χ1) is 9.65. The summed E-state index contributed by atoms with van der Waals surface area (Å²) < 4.78 is 5.08. The highest BCUT2D eigenvalue weighted by Crippen LogP contribution is 2.24. The van der Waals surface area contributed by atoms with Crippen LogP contribution in [0.2, 0.25) is 5.02 Å².